The highest BCUT2D eigenvalue weighted by Crippen LogP contribution is 2.34. The lowest BCUT2D eigenvalue weighted by molar-refractivity contribution is -0.0890. The van der Waals surface area contributed by atoms with Crippen molar-refractivity contribution in [3.05, 3.63) is 32.7 Å². The van der Waals surface area contributed by atoms with Gasteiger partial charge in [0.15, 0.2) is 4.96 Å². The first-order valence-corrected chi connectivity index (χ1v) is 8.71. The van der Waals surface area contributed by atoms with Gasteiger partial charge in [0.05, 0.1) is 25.5 Å². The Balaban J connectivity index is 1.57. The topological polar surface area (TPSA) is 79.1 Å². The molecule has 2 atom stereocenters. The first kappa shape index (κ1) is 15.7. The summed E-state index contributed by atoms with van der Waals surface area (Å²) in [5.74, 6) is -0.669. The fourth-order valence-electron chi connectivity index (χ4n) is 3.23. The van der Waals surface area contributed by atoms with Gasteiger partial charge >= 0.3 is 5.97 Å². The number of carbonyl (C=O) groups is 1. The number of aryl methyl sites for hydroxylation is 2. The highest BCUT2D eigenvalue weighted by atomic mass is 32.1. The number of nitrogens with zero attached hydrogens (tertiary/aromatic N) is 2. The van der Waals surface area contributed by atoms with E-state index in [-0.39, 0.29) is 18.3 Å². The van der Waals surface area contributed by atoms with Gasteiger partial charge in [-0.25, -0.2) is 9.78 Å². The minimum Gasteiger partial charge on any atom is -0.459 e. The first-order chi connectivity index (χ1) is 11.5. The molecule has 7 nitrogen and oxygen atoms in total. The lowest BCUT2D eigenvalue weighted by atomic mass is 9.97. The number of rotatable bonds is 3. The summed E-state index contributed by atoms with van der Waals surface area (Å²) in [6, 6.07) is 0. The molecule has 0 aliphatic carbocycles. The maximum absolute atomic E-state index is 12.6. The van der Waals surface area contributed by atoms with E-state index in [0.29, 0.717) is 18.2 Å². The molecule has 2 aliphatic rings. The van der Waals surface area contributed by atoms with E-state index in [1.54, 1.807) is 0 Å². The third-order valence-electron chi connectivity index (χ3n) is 4.73. The van der Waals surface area contributed by atoms with Gasteiger partial charge in [-0.1, -0.05) is 0 Å². The van der Waals surface area contributed by atoms with Crippen molar-refractivity contribution in [3.63, 3.8) is 0 Å². The third kappa shape index (κ3) is 2.45. The van der Waals surface area contributed by atoms with Crippen LogP contribution < -0.4 is 5.56 Å². The molecule has 2 unspecified atom stereocenters. The van der Waals surface area contributed by atoms with Gasteiger partial charge in [-0.2, -0.15) is 0 Å². The molecule has 24 heavy (non-hydrogen) atoms. The number of ether oxygens (including phenoxy) is 3. The SMILES string of the molecule is Cc1sc2ncc(C(=O)OCC34COC(CCO3)C4)c(=O)n2c1C. The van der Waals surface area contributed by atoms with E-state index in [9.17, 15) is 9.59 Å². The highest BCUT2D eigenvalue weighted by molar-refractivity contribution is 7.17. The van der Waals surface area contributed by atoms with Crippen LogP contribution in [0.2, 0.25) is 0 Å². The lowest BCUT2D eigenvalue weighted by Gasteiger charge is -2.30. The predicted molar refractivity (Wildman–Crippen MR) is 86.8 cm³/mol. The quantitative estimate of drug-likeness (QED) is 0.780. The largest absolute Gasteiger partial charge is 0.459 e. The fraction of sp³-hybridized carbons (Fsp3) is 0.562. The summed E-state index contributed by atoms with van der Waals surface area (Å²) in [6.07, 6.45) is 3.06. The lowest BCUT2D eigenvalue weighted by Crippen LogP contribution is -2.42. The second-order valence-electron chi connectivity index (χ2n) is 6.37. The Morgan fingerprint density at radius 1 is 1.54 bits per heavy atom. The Kier molecular flexibility index (Phi) is 3.70. The Bertz CT molecular complexity index is 869. The summed E-state index contributed by atoms with van der Waals surface area (Å²) in [4.78, 5) is 30.7. The van der Waals surface area contributed by atoms with Gasteiger partial charge in [0.25, 0.3) is 5.56 Å². The van der Waals surface area contributed by atoms with E-state index in [1.165, 1.54) is 21.9 Å². The van der Waals surface area contributed by atoms with E-state index in [0.717, 1.165) is 23.4 Å². The summed E-state index contributed by atoms with van der Waals surface area (Å²) in [6.45, 7) is 4.87. The smallest absolute Gasteiger partial charge is 0.345 e. The predicted octanol–water partition coefficient (Wildman–Crippen LogP) is 1.48. The summed E-state index contributed by atoms with van der Waals surface area (Å²) in [5.41, 5.74) is -0.227. The van der Waals surface area contributed by atoms with Gasteiger partial charge in [0, 0.05) is 17.0 Å². The summed E-state index contributed by atoms with van der Waals surface area (Å²) < 4.78 is 18.2. The van der Waals surface area contributed by atoms with Gasteiger partial charge in [0.2, 0.25) is 0 Å². The molecule has 0 spiro atoms. The van der Waals surface area contributed by atoms with Crippen molar-refractivity contribution in [2.75, 3.05) is 19.8 Å². The Morgan fingerprint density at radius 3 is 3.21 bits per heavy atom. The van der Waals surface area contributed by atoms with Crippen molar-refractivity contribution in [2.24, 2.45) is 0 Å². The summed E-state index contributed by atoms with van der Waals surface area (Å²) >= 11 is 1.42. The molecule has 0 saturated carbocycles. The average Bonchev–Trinajstić information content (AvgIpc) is 3.03. The number of esters is 1. The molecule has 2 aromatic heterocycles. The first-order valence-electron chi connectivity index (χ1n) is 7.89. The van der Waals surface area contributed by atoms with Gasteiger partial charge in [-0.3, -0.25) is 9.20 Å². The minimum absolute atomic E-state index is 0.0592. The monoisotopic (exact) mass is 350 g/mol. The molecule has 2 saturated heterocycles. The molecule has 2 bridgehead atoms. The molecule has 4 heterocycles. The van der Waals surface area contributed by atoms with Gasteiger partial charge < -0.3 is 14.2 Å². The molecule has 2 aliphatic heterocycles. The van der Waals surface area contributed by atoms with Crippen LogP contribution in [0, 0.1) is 13.8 Å². The van der Waals surface area contributed by atoms with Crippen molar-refractivity contribution in [2.45, 2.75) is 38.4 Å². The molecule has 2 aromatic rings. The maximum Gasteiger partial charge on any atom is 0.345 e. The van der Waals surface area contributed by atoms with Crippen LogP contribution in [-0.2, 0) is 14.2 Å². The Hall–Kier alpha value is -1.77. The number of fused-ring (bicyclic) bond motifs is 3. The average molecular weight is 350 g/mol. The van der Waals surface area contributed by atoms with Gasteiger partial charge in [-0.05, 0) is 20.3 Å². The minimum atomic E-state index is -0.669. The van der Waals surface area contributed by atoms with Crippen LogP contribution in [-0.4, -0.2) is 46.9 Å². The summed E-state index contributed by atoms with van der Waals surface area (Å²) in [5, 5.41) is 0. The van der Waals surface area contributed by atoms with Crippen molar-refractivity contribution in [1.29, 1.82) is 0 Å². The zero-order chi connectivity index (χ0) is 16.9. The molecule has 0 amide bonds. The van der Waals surface area contributed by atoms with Crippen molar-refractivity contribution >= 4 is 22.3 Å². The van der Waals surface area contributed by atoms with E-state index < -0.39 is 17.1 Å². The molecule has 0 N–H and O–H groups in total. The van der Waals surface area contributed by atoms with Crippen molar-refractivity contribution in [3.8, 4) is 0 Å². The second kappa shape index (κ2) is 5.65. The van der Waals surface area contributed by atoms with Crippen molar-refractivity contribution < 1.29 is 19.0 Å². The van der Waals surface area contributed by atoms with E-state index in [4.69, 9.17) is 14.2 Å². The van der Waals surface area contributed by atoms with Crippen molar-refractivity contribution in [1.82, 2.24) is 9.38 Å². The van der Waals surface area contributed by atoms with Gasteiger partial charge in [-0.15, -0.1) is 11.3 Å². The van der Waals surface area contributed by atoms with Crippen LogP contribution in [0.25, 0.3) is 4.96 Å². The van der Waals surface area contributed by atoms with Crippen LogP contribution in [0.3, 0.4) is 0 Å². The number of aromatic nitrogens is 2. The maximum atomic E-state index is 12.6. The number of thiazole rings is 1. The molecule has 128 valence electrons. The van der Waals surface area contributed by atoms with Crippen LogP contribution in [0.4, 0.5) is 0 Å². The zero-order valence-electron chi connectivity index (χ0n) is 13.5. The molecule has 4 rings (SSSR count). The standard InChI is InChI=1S/C16H18N2O5S/c1-9-10(2)24-15-17-6-12(13(19)18(9)15)14(20)22-8-16-5-11(21-7-16)3-4-23-16/h6,11H,3-5,7-8H2,1-2H3. The van der Waals surface area contributed by atoms with E-state index >= 15 is 0 Å². The summed E-state index contributed by atoms with van der Waals surface area (Å²) in [7, 11) is 0. The zero-order valence-corrected chi connectivity index (χ0v) is 14.4. The number of hydrogen-bond donors (Lipinski definition) is 0. The molecular weight excluding hydrogens is 332 g/mol. The van der Waals surface area contributed by atoms with Crippen LogP contribution in [0.15, 0.2) is 11.0 Å². The Morgan fingerprint density at radius 2 is 2.38 bits per heavy atom. The van der Waals surface area contributed by atoms with Gasteiger partial charge in [0.1, 0.15) is 17.8 Å². The number of hydrogen-bond acceptors (Lipinski definition) is 7. The molecule has 0 aromatic carbocycles. The normalized spacial score (nSPS) is 26.0. The molecular formula is C16H18N2O5S. The molecule has 8 heteroatoms. The van der Waals surface area contributed by atoms with Crippen LogP contribution in [0.5, 0.6) is 0 Å². The second-order valence-corrected chi connectivity index (χ2v) is 7.55. The highest BCUT2D eigenvalue weighted by Gasteiger charge is 2.45. The molecule has 2 fully saturated rings. The fourth-order valence-corrected chi connectivity index (χ4v) is 4.16. The van der Waals surface area contributed by atoms with Crippen LogP contribution >= 0.6 is 11.3 Å². The van der Waals surface area contributed by atoms with E-state index in [1.807, 2.05) is 13.8 Å². The number of carbonyl (C=O) groups excluding carboxylic acids is 1. The Labute approximate surface area is 142 Å². The van der Waals surface area contributed by atoms with E-state index in [2.05, 4.69) is 4.98 Å². The van der Waals surface area contributed by atoms with Crippen LogP contribution in [0.1, 0.15) is 33.8 Å². The third-order valence-corrected chi connectivity index (χ3v) is 5.81. The molecule has 0 radical (unpaired) electrons.